The van der Waals surface area contributed by atoms with Crippen LogP contribution in [0.15, 0.2) is 102 Å². The van der Waals surface area contributed by atoms with Gasteiger partial charge in [0, 0.05) is 5.92 Å². The van der Waals surface area contributed by atoms with Crippen LogP contribution in [-0.2, 0) is 11.4 Å². The Morgan fingerprint density at radius 1 is 0.909 bits per heavy atom. The van der Waals surface area contributed by atoms with Crippen molar-refractivity contribution in [1.29, 1.82) is 0 Å². The first-order valence-electron chi connectivity index (χ1n) is 11.3. The summed E-state index contributed by atoms with van der Waals surface area (Å²) in [7, 11) is 0. The molecule has 1 saturated carbocycles. The van der Waals surface area contributed by atoms with Crippen LogP contribution in [0, 0.1) is 5.92 Å². The van der Waals surface area contributed by atoms with E-state index in [1.807, 2.05) is 61.5 Å². The van der Waals surface area contributed by atoms with Gasteiger partial charge < -0.3 is 4.74 Å². The minimum Gasteiger partial charge on any atom is -0.489 e. The van der Waals surface area contributed by atoms with Crippen LogP contribution < -0.4 is 10.2 Å². The number of amides is 1. The van der Waals surface area contributed by atoms with Crippen molar-refractivity contribution < 1.29 is 9.53 Å². The normalized spacial score (nSPS) is 17.5. The van der Waals surface area contributed by atoms with Gasteiger partial charge in [-0.05, 0) is 71.0 Å². The molecule has 4 aromatic rings. The van der Waals surface area contributed by atoms with Crippen molar-refractivity contribution in [3.05, 3.63) is 114 Å². The molecule has 1 aliphatic carbocycles. The first kappa shape index (κ1) is 21.0. The maximum Gasteiger partial charge on any atom is 0.243 e. The van der Waals surface area contributed by atoms with Gasteiger partial charge in [-0.1, -0.05) is 72.8 Å². The number of hydrogen-bond acceptors (Lipinski definition) is 3. The Morgan fingerprint density at radius 2 is 1.64 bits per heavy atom. The Morgan fingerprint density at radius 3 is 2.45 bits per heavy atom. The number of hydrazone groups is 1. The number of nitrogens with one attached hydrogen (secondary N) is 1. The largest absolute Gasteiger partial charge is 0.489 e. The lowest BCUT2D eigenvalue weighted by atomic mass is 10.1. The SMILES string of the molecule is C/C(=N/NC(=O)C1CC1c1ccccc1)c1ccc(OCc2cccc3ccccc23)cc1. The first-order chi connectivity index (χ1) is 16.2. The molecule has 4 nitrogen and oxygen atoms in total. The van der Waals surface area contributed by atoms with Crippen molar-refractivity contribution in [1.82, 2.24) is 5.43 Å². The third-order valence-electron chi connectivity index (χ3n) is 6.24. The minimum absolute atomic E-state index is 0.00814. The number of ether oxygens (including phenoxy) is 1. The summed E-state index contributed by atoms with van der Waals surface area (Å²) in [5.41, 5.74) is 6.83. The zero-order valence-corrected chi connectivity index (χ0v) is 18.6. The van der Waals surface area contributed by atoms with Crippen molar-refractivity contribution in [3.8, 4) is 5.75 Å². The van der Waals surface area contributed by atoms with Crippen LogP contribution in [0.3, 0.4) is 0 Å². The van der Waals surface area contributed by atoms with Crippen LogP contribution in [0.5, 0.6) is 5.75 Å². The van der Waals surface area contributed by atoms with Gasteiger partial charge in [0.1, 0.15) is 12.4 Å². The molecule has 0 aromatic heterocycles. The number of rotatable bonds is 7. The molecule has 0 heterocycles. The van der Waals surface area contributed by atoms with Gasteiger partial charge in [0.15, 0.2) is 0 Å². The fourth-order valence-corrected chi connectivity index (χ4v) is 4.21. The summed E-state index contributed by atoms with van der Waals surface area (Å²) < 4.78 is 6.02. The molecule has 0 radical (unpaired) electrons. The molecule has 164 valence electrons. The molecule has 4 aromatic carbocycles. The molecule has 0 spiro atoms. The van der Waals surface area contributed by atoms with Gasteiger partial charge >= 0.3 is 0 Å². The Hall–Kier alpha value is -3.92. The summed E-state index contributed by atoms with van der Waals surface area (Å²) >= 11 is 0. The van der Waals surface area contributed by atoms with Crippen molar-refractivity contribution in [2.75, 3.05) is 0 Å². The summed E-state index contributed by atoms with van der Waals surface area (Å²) in [6.07, 6.45) is 0.882. The van der Waals surface area contributed by atoms with Gasteiger partial charge in [0.2, 0.25) is 5.91 Å². The quantitative estimate of drug-likeness (QED) is 0.284. The lowest BCUT2D eigenvalue weighted by molar-refractivity contribution is -0.122. The Kier molecular flexibility index (Phi) is 5.90. The third-order valence-corrected chi connectivity index (χ3v) is 6.24. The predicted molar refractivity (Wildman–Crippen MR) is 132 cm³/mol. The van der Waals surface area contributed by atoms with E-state index in [2.05, 4.69) is 53.0 Å². The molecule has 0 saturated heterocycles. The summed E-state index contributed by atoms with van der Waals surface area (Å²) in [5.74, 6) is 1.10. The van der Waals surface area contributed by atoms with Crippen molar-refractivity contribution in [3.63, 3.8) is 0 Å². The highest BCUT2D eigenvalue weighted by atomic mass is 16.5. The van der Waals surface area contributed by atoms with E-state index in [1.54, 1.807) is 0 Å². The monoisotopic (exact) mass is 434 g/mol. The fourth-order valence-electron chi connectivity index (χ4n) is 4.21. The molecule has 2 unspecified atom stereocenters. The molecular weight excluding hydrogens is 408 g/mol. The molecule has 33 heavy (non-hydrogen) atoms. The Labute approximate surface area is 193 Å². The highest BCUT2D eigenvalue weighted by Gasteiger charge is 2.43. The van der Waals surface area contributed by atoms with E-state index >= 15 is 0 Å². The smallest absolute Gasteiger partial charge is 0.243 e. The standard InChI is InChI=1S/C29H26N2O2/c1-20(30-31-29(32)28-18-27(28)23-8-3-2-4-9-23)21-14-16-25(17-15-21)33-19-24-12-7-11-22-10-5-6-13-26(22)24/h2-17,27-28H,18-19H2,1H3,(H,31,32)/b30-20-. The van der Waals surface area contributed by atoms with Crippen LogP contribution in [0.25, 0.3) is 10.8 Å². The van der Waals surface area contributed by atoms with Gasteiger partial charge in [-0.25, -0.2) is 5.43 Å². The third kappa shape index (κ3) is 4.80. The van der Waals surface area contributed by atoms with E-state index < -0.39 is 0 Å². The summed E-state index contributed by atoms with van der Waals surface area (Å²) in [6, 6.07) is 32.6. The topological polar surface area (TPSA) is 50.7 Å². The Bertz CT molecular complexity index is 1290. The second-order valence-electron chi connectivity index (χ2n) is 8.48. The number of nitrogens with zero attached hydrogens (tertiary/aromatic N) is 1. The molecule has 0 aliphatic heterocycles. The molecule has 1 amide bonds. The first-order valence-corrected chi connectivity index (χ1v) is 11.3. The maximum atomic E-state index is 12.5. The van der Waals surface area contributed by atoms with E-state index in [0.717, 1.165) is 29.0 Å². The molecule has 1 fully saturated rings. The molecule has 1 N–H and O–H groups in total. The van der Waals surface area contributed by atoms with Gasteiger partial charge in [0.25, 0.3) is 0 Å². The summed E-state index contributed by atoms with van der Waals surface area (Å²) in [5, 5.41) is 6.74. The van der Waals surface area contributed by atoms with Crippen molar-refractivity contribution >= 4 is 22.4 Å². The van der Waals surface area contributed by atoms with Crippen LogP contribution in [0.1, 0.15) is 36.0 Å². The average Bonchev–Trinajstić information content (AvgIpc) is 3.68. The number of hydrogen-bond donors (Lipinski definition) is 1. The van der Waals surface area contributed by atoms with E-state index in [9.17, 15) is 4.79 Å². The lowest BCUT2D eigenvalue weighted by Crippen LogP contribution is -2.21. The van der Waals surface area contributed by atoms with Crippen molar-refractivity contribution in [2.45, 2.75) is 25.9 Å². The molecular formula is C29H26N2O2. The average molecular weight is 435 g/mol. The lowest BCUT2D eigenvalue weighted by Gasteiger charge is -2.10. The number of benzene rings is 4. The number of carbonyl (C=O) groups is 1. The zero-order chi connectivity index (χ0) is 22.6. The summed E-state index contributed by atoms with van der Waals surface area (Å²) in [4.78, 5) is 12.5. The number of carbonyl (C=O) groups excluding carboxylic acids is 1. The maximum absolute atomic E-state index is 12.5. The minimum atomic E-state index is -0.0155. The van der Waals surface area contributed by atoms with Crippen LogP contribution in [0.4, 0.5) is 0 Å². The molecule has 5 rings (SSSR count). The van der Waals surface area contributed by atoms with Gasteiger partial charge in [-0.2, -0.15) is 5.10 Å². The number of fused-ring (bicyclic) bond motifs is 1. The van der Waals surface area contributed by atoms with E-state index in [4.69, 9.17) is 4.74 Å². The highest BCUT2D eigenvalue weighted by molar-refractivity contribution is 5.99. The molecule has 2 atom stereocenters. The van der Waals surface area contributed by atoms with Crippen LogP contribution in [-0.4, -0.2) is 11.6 Å². The second kappa shape index (κ2) is 9.29. The van der Waals surface area contributed by atoms with Gasteiger partial charge in [0.05, 0.1) is 5.71 Å². The van der Waals surface area contributed by atoms with Gasteiger partial charge in [-0.15, -0.1) is 0 Å². The second-order valence-corrected chi connectivity index (χ2v) is 8.48. The zero-order valence-electron chi connectivity index (χ0n) is 18.6. The van der Waals surface area contributed by atoms with E-state index in [-0.39, 0.29) is 11.8 Å². The van der Waals surface area contributed by atoms with Crippen LogP contribution in [0.2, 0.25) is 0 Å². The molecule has 4 heteroatoms. The Balaban J connectivity index is 1.17. The highest BCUT2D eigenvalue weighted by Crippen LogP contribution is 2.47. The predicted octanol–water partition coefficient (Wildman–Crippen LogP) is 6.06. The van der Waals surface area contributed by atoms with E-state index in [1.165, 1.54) is 16.3 Å². The molecule has 1 aliphatic rings. The summed E-state index contributed by atoms with van der Waals surface area (Å²) in [6.45, 7) is 2.40. The van der Waals surface area contributed by atoms with Crippen molar-refractivity contribution in [2.24, 2.45) is 11.0 Å². The fraction of sp³-hybridized carbons (Fsp3) is 0.172. The van der Waals surface area contributed by atoms with Gasteiger partial charge in [-0.3, -0.25) is 4.79 Å². The van der Waals surface area contributed by atoms with Crippen LogP contribution >= 0.6 is 0 Å². The molecule has 0 bridgehead atoms. The van der Waals surface area contributed by atoms with E-state index in [0.29, 0.717) is 12.5 Å².